The molecule has 1 saturated carbocycles. The van der Waals surface area contributed by atoms with E-state index in [1.165, 1.54) is 6.26 Å². The molecule has 0 spiro atoms. The second kappa shape index (κ2) is 4.67. The molecule has 0 unspecified atom stereocenters. The van der Waals surface area contributed by atoms with Crippen LogP contribution in [0.4, 0.5) is 0 Å². The van der Waals surface area contributed by atoms with Gasteiger partial charge in [-0.3, -0.25) is 4.79 Å². The first-order valence-corrected chi connectivity index (χ1v) is 8.18. The van der Waals surface area contributed by atoms with Gasteiger partial charge >= 0.3 is 0 Å². The van der Waals surface area contributed by atoms with Crippen molar-refractivity contribution < 1.29 is 13.2 Å². The zero-order valence-electron chi connectivity index (χ0n) is 10.4. The molecule has 0 radical (unpaired) electrons. The summed E-state index contributed by atoms with van der Waals surface area (Å²) in [6.07, 6.45) is 3.70. The summed E-state index contributed by atoms with van der Waals surface area (Å²) in [5.41, 5.74) is 1.71. The fourth-order valence-electron chi connectivity index (χ4n) is 2.33. The van der Waals surface area contributed by atoms with Crippen molar-refractivity contribution >= 4 is 26.7 Å². The summed E-state index contributed by atoms with van der Waals surface area (Å²) in [5, 5.41) is -0.598. The number of sulfone groups is 1. The standard InChI is InChI=1S/C13H15ClO3S/c1-3-9-11(13(14)15)7-6-10(8-4-5-8)12(9)18(2,16)17/h6-8H,3-5H2,1-2H3. The van der Waals surface area contributed by atoms with E-state index in [1.807, 2.05) is 6.92 Å². The van der Waals surface area contributed by atoms with Gasteiger partial charge in [-0.1, -0.05) is 13.0 Å². The van der Waals surface area contributed by atoms with Gasteiger partial charge in [0.05, 0.1) is 4.90 Å². The Kier molecular flexibility index (Phi) is 3.52. The molecule has 0 saturated heterocycles. The van der Waals surface area contributed by atoms with E-state index in [0.717, 1.165) is 18.4 Å². The fraction of sp³-hybridized carbons (Fsp3) is 0.462. The van der Waals surface area contributed by atoms with Gasteiger partial charge in [0.2, 0.25) is 0 Å². The van der Waals surface area contributed by atoms with Gasteiger partial charge in [0.25, 0.3) is 5.24 Å². The summed E-state index contributed by atoms with van der Waals surface area (Å²) >= 11 is 5.52. The van der Waals surface area contributed by atoms with Crippen LogP contribution in [0, 0.1) is 0 Å². The van der Waals surface area contributed by atoms with Crippen LogP contribution in [0.5, 0.6) is 0 Å². The van der Waals surface area contributed by atoms with E-state index in [-0.39, 0.29) is 0 Å². The Morgan fingerprint density at radius 1 is 1.39 bits per heavy atom. The minimum Gasteiger partial charge on any atom is -0.276 e. The van der Waals surface area contributed by atoms with Crippen molar-refractivity contribution in [1.82, 2.24) is 0 Å². The quantitative estimate of drug-likeness (QED) is 0.800. The van der Waals surface area contributed by atoms with Gasteiger partial charge in [0, 0.05) is 11.8 Å². The number of rotatable bonds is 4. The minimum absolute atomic E-state index is 0.309. The van der Waals surface area contributed by atoms with E-state index in [2.05, 4.69) is 0 Å². The zero-order chi connectivity index (χ0) is 13.5. The molecule has 0 aromatic heterocycles. The Hall–Kier alpha value is -0.870. The minimum atomic E-state index is -3.35. The van der Waals surface area contributed by atoms with Crippen LogP contribution < -0.4 is 0 Å². The SMILES string of the molecule is CCc1c(C(=O)Cl)ccc(C2CC2)c1S(C)(=O)=O. The highest BCUT2D eigenvalue weighted by Crippen LogP contribution is 2.44. The van der Waals surface area contributed by atoms with E-state index in [9.17, 15) is 13.2 Å². The van der Waals surface area contributed by atoms with Gasteiger partial charge in [0.15, 0.2) is 9.84 Å². The summed E-state index contributed by atoms with van der Waals surface area (Å²) < 4.78 is 24.0. The Morgan fingerprint density at radius 3 is 2.39 bits per heavy atom. The first kappa shape index (κ1) is 13.6. The van der Waals surface area contributed by atoms with Crippen LogP contribution in [0.15, 0.2) is 17.0 Å². The number of carbonyl (C=O) groups is 1. The van der Waals surface area contributed by atoms with E-state index in [1.54, 1.807) is 12.1 Å². The highest BCUT2D eigenvalue weighted by Gasteiger charge is 2.31. The lowest BCUT2D eigenvalue weighted by molar-refractivity contribution is 0.108. The average Bonchev–Trinajstić information content (AvgIpc) is 3.09. The number of carbonyl (C=O) groups excluding carboxylic acids is 1. The fourth-order valence-corrected chi connectivity index (χ4v) is 3.88. The van der Waals surface area contributed by atoms with Crippen LogP contribution in [0.25, 0.3) is 0 Å². The highest BCUT2D eigenvalue weighted by atomic mass is 35.5. The van der Waals surface area contributed by atoms with E-state index in [0.29, 0.717) is 28.4 Å². The van der Waals surface area contributed by atoms with Gasteiger partial charge in [0.1, 0.15) is 0 Å². The molecule has 0 atom stereocenters. The molecule has 1 aliphatic carbocycles. The van der Waals surface area contributed by atoms with Crippen molar-refractivity contribution in [3.63, 3.8) is 0 Å². The average molecular weight is 287 g/mol. The molecule has 1 aliphatic rings. The second-order valence-corrected chi connectivity index (χ2v) is 6.98. The maximum atomic E-state index is 12.0. The zero-order valence-corrected chi connectivity index (χ0v) is 11.9. The number of hydrogen-bond donors (Lipinski definition) is 0. The molecule has 2 rings (SSSR count). The third kappa shape index (κ3) is 2.45. The van der Waals surface area contributed by atoms with Gasteiger partial charge < -0.3 is 0 Å². The molecule has 0 heterocycles. The summed E-state index contributed by atoms with van der Waals surface area (Å²) in [6, 6.07) is 3.39. The van der Waals surface area contributed by atoms with Crippen LogP contribution in [0.3, 0.4) is 0 Å². The van der Waals surface area contributed by atoms with Crippen molar-refractivity contribution in [3.8, 4) is 0 Å². The summed E-state index contributed by atoms with van der Waals surface area (Å²) in [6.45, 7) is 1.84. The van der Waals surface area contributed by atoms with Gasteiger partial charge in [-0.2, -0.15) is 0 Å². The topological polar surface area (TPSA) is 51.2 Å². The molecule has 0 N–H and O–H groups in total. The van der Waals surface area contributed by atoms with Crippen LogP contribution in [0.1, 0.15) is 47.2 Å². The molecular weight excluding hydrogens is 272 g/mol. The van der Waals surface area contributed by atoms with Crippen molar-refractivity contribution in [2.24, 2.45) is 0 Å². The Morgan fingerprint density at radius 2 is 2.00 bits per heavy atom. The second-order valence-electron chi connectivity index (χ2n) is 4.68. The van der Waals surface area contributed by atoms with Gasteiger partial charge in [-0.25, -0.2) is 8.42 Å². The lowest BCUT2D eigenvalue weighted by Gasteiger charge is -2.14. The molecular formula is C13H15ClO3S. The summed E-state index contributed by atoms with van der Waals surface area (Å²) in [5.74, 6) is 0.319. The third-order valence-electron chi connectivity index (χ3n) is 3.24. The van der Waals surface area contributed by atoms with Crippen LogP contribution in [0.2, 0.25) is 0 Å². The van der Waals surface area contributed by atoms with Gasteiger partial charge in [-0.05, 0) is 54.0 Å². The summed E-state index contributed by atoms with van der Waals surface area (Å²) in [4.78, 5) is 11.7. The Labute approximate surface area is 112 Å². The first-order valence-electron chi connectivity index (χ1n) is 5.92. The Balaban J connectivity index is 2.77. The molecule has 5 heteroatoms. The predicted molar refractivity (Wildman–Crippen MR) is 71.1 cm³/mol. The largest absolute Gasteiger partial charge is 0.276 e. The predicted octanol–water partition coefficient (Wildman–Crippen LogP) is 2.91. The van der Waals surface area contributed by atoms with E-state index >= 15 is 0 Å². The Bertz CT molecular complexity index is 601. The van der Waals surface area contributed by atoms with Crippen molar-refractivity contribution in [2.45, 2.75) is 37.0 Å². The maximum absolute atomic E-state index is 12.0. The molecule has 1 fully saturated rings. The molecule has 0 amide bonds. The normalized spacial score (nSPS) is 15.7. The van der Waals surface area contributed by atoms with E-state index < -0.39 is 15.1 Å². The number of benzene rings is 1. The molecule has 0 bridgehead atoms. The molecule has 1 aromatic rings. The maximum Gasteiger partial charge on any atom is 0.252 e. The third-order valence-corrected chi connectivity index (χ3v) is 4.67. The van der Waals surface area contributed by atoms with Crippen molar-refractivity contribution in [1.29, 1.82) is 0 Å². The molecule has 0 aliphatic heterocycles. The highest BCUT2D eigenvalue weighted by molar-refractivity contribution is 7.90. The number of halogens is 1. The molecule has 18 heavy (non-hydrogen) atoms. The smallest absolute Gasteiger partial charge is 0.252 e. The molecule has 98 valence electrons. The lowest BCUT2D eigenvalue weighted by atomic mass is 10.00. The molecule has 1 aromatic carbocycles. The van der Waals surface area contributed by atoms with Crippen molar-refractivity contribution in [2.75, 3.05) is 6.26 Å². The van der Waals surface area contributed by atoms with Crippen LogP contribution in [-0.4, -0.2) is 19.9 Å². The van der Waals surface area contributed by atoms with Gasteiger partial charge in [-0.15, -0.1) is 0 Å². The first-order chi connectivity index (χ1) is 8.36. The monoisotopic (exact) mass is 286 g/mol. The lowest BCUT2D eigenvalue weighted by Crippen LogP contribution is -2.10. The van der Waals surface area contributed by atoms with Crippen molar-refractivity contribution in [3.05, 3.63) is 28.8 Å². The van der Waals surface area contributed by atoms with E-state index in [4.69, 9.17) is 11.6 Å². The number of hydrogen-bond acceptors (Lipinski definition) is 3. The van der Waals surface area contributed by atoms with Crippen LogP contribution >= 0.6 is 11.6 Å². The summed E-state index contributed by atoms with van der Waals surface area (Å²) in [7, 11) is -3.35. The molecule has 3 nitrogen and oxygen atoms in total. The van der Waals surface area contributed by atoms with Crippen LogP contribution in [-0.2, 0) is 16.3 Å².